The van der Waals surface area contributed by atoms with Crippen LogP contribution in [0.4, 0.5) is 21.7 Å². The van der Waals surface area contributed by atoms with E-state index in [0.29, 0.717) is 57.9 Å². The number of halogens is 1. The number of piperidine rings is 1. The van der Waals surface area contributed by atoms with E-state index >= 15 is 0 Å². The fraction of sp³-hybridized carbons (Fsp3) is 0.379. The standard InChI is InChI=1S/C29H34FN7O4/c1-40-25-16-23-24(17-26(25)41-12-7-19-5-8-36(9-6-19)10-11-38)32-18-33-29(23)37(22-4-2-3-20(30)13-22)28-15-21(34-35-28)14-27(31)39/h2-4,13,15-19,38H,5-12,14H2,1H3,(H2,31,39)(H,34,35). The van der Waals surface area contributed by atoms with Crippen LogP contribution in [0.2, 0.25) is 0 Å². The third kappa shape index (κ3) is 6.72. The van der Waals surface area contributed by atoms with Crippen LogP contribution in [0, 0.1) is 11.7 Å². The summed E-state index contributed by atoms with van der Waals surface area (Å²) < 4.78 is 26.2. The fourth-order valence-corrected chi connectivity index (χ4v) is 5.20. The highest BCUT2D eigenvalue weighted by atomic mass is 19.1. The van der Waals surface area contributed by atoms with Crippen LogP contribution in [0.5, 0.6) is 11.5 Å². The van der Waals surface area contributed by atoms with Crippen molar-refractivity contribution in [1.29, 1.82) is 0 Å². The summed E-state index contributed by atoms with van der Waals surface area (Å²) in [6.07, 6.45) is 4.49. The van der Waals surface area contributed by atoms with Crippen LogP contribution in [0.15, 0.2) is 48.8 Å². The molecule has 1 aliphatic rings. The number of H-pyrrole nitrogens is 1. The SMILES string of the molecule is COc1cc2c(N(c3cccc(F)c3)c3cc(CC(N)=O)[nH]n3)ncnc2cc1OCCC1CCN(CCO)CC1. The van der Waals surface area contributed by atoms with Crippen LogP contribution in [-0.2, 0) is 11.2 Å². The molecule has 1 fully saturated rings. The Bertz CT molecular complexity index is 1490. The summed E-state index contributed by atoms with van der Waals surface area (Å²) in [5.74, 6) is 1.57. The number of likely N-dealkylation sites (tertiary alicyclic amines) is 1. The lowest BCUT2D eigenvalue weighted by Crippen LogP contribution is -2.35. The van der Waals surface area contributed by atoms with Gasteiger partial charge in [-0.05, 0) is 62.5 Å². The summed E-state index contributed by atoms with van der Waals surface area (Å²) >= 11 is 0. The minimum atomic E-state index is -0.505. The molecular weight excluding hydrogens is 529 g/mol. The molecule has 0 atom stereocenters. The number of fused-ring (bicyclic) bond motifs is 1. The van der Waals surface area contributed by atoms with Crippen molar-refractivity contribution in [2.24, 2.45) is 11.7 Å². The van der Waals surface area contributed by atoms with Gasteiger partial charge in [0.1, 0.15) is 18.0 Å². The number of ether oxygens (including phenoxy) is 2. The Morgan fingerprint density at radius 3 is 2.76 bits per heavy atom. The van der Waals surface area contributed by atoms with E-state index in [0.717, 1.165) is 38.9 Å². The highest BCUT2D eigenvalue weighted by molar-refractivity contribution is 5.96. The summed E-state index contributed by atoms with van der Waals surface area (Å²) in [6.45, 7) is 3.44. The van der Waals surface area contributed by atoms with Crippen molar-refractivity contribution in [2.75, 3.05) is 44.9 Å². The van der Waals surface area contributed by atoms with Crippen LogP contribution in [0.3, 0.4) is 0 Å². The maximum absolute atomic E-state index is 14.3. The molecule has 41 heavy (non-hydrogen) atoms. The molecule has 12 heteroatoms. The summed E-state index contributed by atoms with van der Waals surface area (Å²) in [7, 11) is 1.57. The van der Waals surface area contributed by atoms with Gasteiger partial charge in [-0.3, -0.25) is 14.8 Å². The summed E-state index contributed by atoms with van der Waals surface area (Å²) in [6, 6.07) is 11.4. The zero-order valence-electron chi connectivity index (χ0n) is 22.9. The quantitative estimate of drug-likeness (QED) is 0.236. The van der Waals surface area contributed by atoms with Gasteiger partial charge in [-0.15, -0.1) is 0 Å². The molecule has 1 saturated heterocycles. The Morgan fingerprint density at radius 2 is 2.02 bits per heavy atom. The van der Waals surface area contributed by atoms with E-state index in [-0.39, 0.29) is 13.0 Å². The van der Waals surface area contributed by atoms with Crippen LogP contribution in [0.1, 0.15) is 25.0 Å². The summed E-state index contributed by atoms with van der Waals surface area (Å²) in [5, 5.41) is 17.0. The molecule has 0 aliphatic carbocycles. The number of aliphatic hydroxyl groups is 1. The number of nitrogens with one attached hydrogen (secondary N) is 1. The molecule has 2 aromatic carbocycles. The molecule has 4 N–H and O–H groups in total. The number of benzene rings is 2. The van der Waals surface area contributed by atoms with Crippen LogP contribution in [0.25, 0.3) is 10.9 Å². The van der Waals surface area contributed by atoms with Crippen molar-refractivity contribution < 1.29 is 23.8 Å². The topological polar surface area (TPSA) is 143 Å². The van der Waals surface area contributed by atoms with Gasteiger partial charge in [-0.1, -0.05) is 6.07 Å². The Labute approximate surface area is 237 Å². The first kappa shape index (κ1) is 28.2. The molecule has 0 radical (unpaired) electrons. The number of rotatable bonds is 12. The number of carbonyl (C=O) groups excluding carboxylic acids is 1. The van der Waals surface area contributed by atoms with Gasteiger partial charge in [-0.2, -0.15) is 5.10 Å². The molecule has 216 valence electrons. The average molecular weight is 564 g/mol. The number of nitrogens with zero attached hydrogens (tertiary/aromatic N) is 5. The Hall–Kier alpha value is -4.29. The number of primary amides is 1. The van der Waals surface area contributed by atoms with E-state index in [1.165, 1.54) is 18.5 Å². The van der Waals surface area contributed by atoms with Gasteiger partial charge in [0.15, 0.2) is 17.3 Å². The molecule has 5 rings (SSSR count). The second kappa shape index (κ2) is 12.9. The second-order valence-electron chi connectivity index (χ2n) is 10.1. The molecule has 0 unspecified atom stereocenters. The zero-order chi connectivity index (χ0) is 28.8. The Morgan fingerprint density at radius 1 is 1.20 bits per heavy atom. The molecule has 0 spiro atoms. The van der Waals surface area contributed by atoms with Gasteiger partial charge in [0.25, 0.3) is 0 Å². The van der Waals surface area contributed by atoms with Gasteiger partial charge in [0.2, 0.25) is 5.91 Å². The van der Waals surface area contributed by atoms with Gasteiger partial charge in [-0.25, -0.2) is 14.4 Å². The molecule has 1 amide bonds. The van der Waals surface area contributed by atoms with Crippen molar-refractivity contribution >= 4 is 34.1 Å². The third-order valence-electron chi connectivity index (χ3n) is 7.30. The first-order valence-electron chi connectivity index (χ1n) is 13.6. The number of hydrogen-bond acceptors (Lipinski definition) is 9. The van der Waals surface area contributed by atoms with Crippen molar-refractivity contribution in [3.8, 4) is 11.5 Å². The number of β-amino-alcohol motifs (C(OH)–C–C–N with tert-alkyl or cyclic N) is 1. The van der Waals surface area contributed by atoms with Crippen LogP contribution in [-0.4, -0.2) is 76.0 Å². The van der Waals surface area contributed by atoms with E-state index < -0.39 is 11.7 Å². The normalized spacial score (nSPS) is 14.3. The molecule has 4 aromatic rings. The molecule has 2 aromatic heterocycles. The maximum atomic E-state index is 14.3. The second-order valence-corrected chi connectivity index (χ2v) is 10.1. The summed E-state index contributed by atoms with van der Waals surface area (Å²) in [4.78, 5) is 24.4. The van der Waals surface area contributed by atoms with Crippen LogP contribution >= 0.6 is 0 Å². The number of amides is 1. The molecule has 0 saturated carbocycles. The number of aromatic amines is 1. The van der Waals surface area contributed by atoms with Gasteiger partial charge in [0.05, 0.1) is 37.9 Å². The first-order valence-corrected chi connectivity index (χ1v) is 13.6. The van der Waals surface area contributed by atoms with E-state index in [9.17, 15) is 9.18 Å². The highest BCUT2D eigenvalue weighted by Crippen LogP contribution is 2.40. The number of aliphatic hydroxyl groups excluding tert-OH is 1. The summed E-state index contributed by atoms with van der Waals surface area (Å²) in [5.41, 5.74) is 6.96. The average Bonchev–Trinajstić information content (AvgIpc) is 3.41. The van der Waals surface area contributed by atoms with Gasteiger partial charge < -0.3 is 25.2 Å². The van der Waals surface area contributed by atoms with E-state index in [2.05, 4.69) is 25.1 Å². The predicted octanol–water partition coefficient (Wildman–Crippen LogP) is 3.47. The van der Waals surface area contributed by atoms with Gasteiger partial charge in [0, 0.05) is 29.8 Å². The number of hydrogen-bond donors (Lipinski definition) is 3. The minimum absolute atomic E-state index is 0.0230. The molecule has 0 bridgehead atoms. The van der Waals surface area contributed by atoms with E-state index in [4.69, 9.17) is 20.3 Å². The van der Waals surface area contributed by atoms with Gasteiger partial charge >= 0.3 is 0 Å². The molecular formula is C29H34FN7O4. The Kier molecular flexibility index (Phi) is 8.90. The molecule has 11 nitrogen and oxygen atoms in total. The van der Waals surface area contributed by atoms with Crippen LogP contribution < -0.4 is 20.1 Å². The number of anilines is 3. The van der Waals surface area contributed by atoms with Crippen molar-refractivity contribution in [3.63, 3.8) is 0 Å². The molecule has 3 heterocycles. The molecule has 1 aliphatic heterocycles. The Balaban J connectivity index is 1.43. The minimum Gasteiger partial charge on any atom is -0.493 e. The van der Waals surface area contributed by atoms with E-state index in [1.807, 2.05) is 6.07 Å². The lowest BCUT2D eigenvalue weighted by Gasteiger charge is -2.31. The number of aromatic nitrogens is 4. The maximum Gasteiger partial charge on any atom is 0.223 e. The number of methoxy groups -OCH3 is 1. The van der Waals surface area contributed by atoms with E-state index in [1.54, 1.807) is 36.3 Å². The highest BCUT2D eigenvalue weighted by Gasteiger charge is 2.23. The van der Waals surface area contributed by atoms with Crippen molar-refractivity contribution in [3.05, 3.63) is 60.3 Å². The lowest BCUT2D eigenvalue weighted by atomic mass is 9.94. The smallest absolute Gasteiger partial charge is 0.223 e. The zero-order valence-corrected chi connectivity index (χ0v) is 22.9. The lowest BCUT2D eigenvalue weighted by molar-refractivity contribution is -0.117. The van der Waals surface area contributed by atoms with Crippen molar-refractivity contribution in [1.82, 2.24) is 25.1 Å². The largest absolute Gasteiger partial charge is 0.493 e. The fourth-order valence-electron chi connectivity index (χ4n) is 5.20. The number of nitrogens with two attached hydrogens (primary N) is 1. The number of carbonyl (C=O) groups is 1. The first-order chi connectivity index (χ1) is 19.9. The monoisotopic (exact) mass is 563 g/mol. The predicted molar refractivity (Wildman–Crippen MR) is 152 cm³/mol. The van der Waals surface area contributed by atoms with Crippen molar-refractivity contribution in [2.45, 2.75) is 25.7 Å². The third-order valence-corrected chi connectivity index (χ3v) is 7.30.